The number of amides is 2. The topological polar surface area (TPSA) is 66.0 Å². The number of amidine groups is 1. The summed E-state index contributed by atoms with van der Waals surface area (Å²) in [4.78, 5) is 21.1. The Bertz CT molecular complexity index is 1170. The highest BCUT2D eigenvalue weighted by molar-refractivity contribution is 6.10. The van der Waals surface area contributed by atoms with Crippen molar-refractivity contribution >= 4 is 11.9 Å². The molecule has 2 aliphatic carbocycles. The Morgan fingerprint density at radius 1 is 1.05 bits per heavy atom. The molecule has 2 aliphatic heterocycles. The zero-order chi connectivity index (χ0) is 25.6. The zero-order valence-corrected chi connectivity index (χ0v) is 22.4. The summed E-state index contributed by atoms with van der Waals surface area (Å²) in [5.74, 6) is 2.16. The molecule has 2 saturated heterocycles. The number of ether oxygens (including phenoxy) is 1. The van der Waals surface area contributed by atoms with Gasteiger partial charge in [0.25, 0.3) is 0 Å². The van der Waals surface area contributed by atoms with Gasteiger partial charge in [-0.15, -0.1) is 0 Å². The maximum absolute atomic E-state index is 13.6. The molecule has 4 fully saturated rings. The van der Waals surface area contributed by atoms with Crippen molar-refractivity contribution in [1.29, 1.82) is 0 Å². The van der Waals surface area contributed by atoms with Crippen LogP contribution in [0.2, 0.25) is 0 Å². The van der Waals surface area contributed by atoms with Gasteiger partial charge >= 0.3 is 6.03 Å². The van der Waals surface area contributed by atoms with Crippen molar-refractivity contribution in [2.45, 2.75) is 95.5 Å². The summed E-state index contributed by atoms with van der Waals surface area (Å²) in [6, 6.07) is 19.6. The van der Waals surface area contributed by atoms with Gasteiger partial charge in [-0.05, 0) is 94.5 Å². The molecule has 6 heteroatoms. The number of carbonyl (C=O) groups is 1. The minimum atomic E-state index is -0.406. The average Bonchev–Trinajstić information content (AvgIpc) is 3.47. The van der Waals surface area contributed by atoms with Gasteiger partial charge in [-0.1, -0.05) is 42.5 Å². The largest absolute Gasteiger partial charge is 0.491 e. The Morgan fingerprint density at radius 2 is 1.86 bits per heavy atom. The molecule has 4 atom stereocenters. The highest BCUT2D eigenvalue weighted by Gasteiger charge is 2.56. The fraction of sp³-hybridized carbons (Fsp3) is 0.548. The maximum atomic E-state index is 13.6. The summed E-state index contributed by atoms with van der Waals surface area (Å²) >= 11 is 0. The van der Waals surface area contributed by atoms with Crippen molar-refractivity contribution in [3.8, 4) is 5.75 Å². The lowest BCUT2D eigenvalue weighted by Gasteiger charge is -2.43. The van der Waals surface area contributed by atoms with Gasteiger partial charge in [0.1, 0.15) is 17.1 Å². The van der Waals surface area contributed by atoms with Crippen LogP contribution in [-0.4, -0.2) is 47.0 Å². The molecule has 196 valence electrons. The SMILES string of the molecule is CC1CC2(CCN1)C(=N[C@H]1CC3(CC3)C[C@@H]1c1ccccc1)NC(=O)N2Cc1cccc(OC(C)C)c1. The molecule has 2 heterocycles. The van der Waals surface area contributed by atoms with Crippen LogP contribution in [0.5, 0.6) is 5.75 Å². The fourth-order valence-corrected chi connectivity index (χ4v) is 7.02. The Hall–Kier alpha value is -2.86. The van der Waals surface area contributed by atoms with E-state index in [2.05, 4.69) is 64.9 Å². The monoisotopic (exact) mass is 500 g/mol. The minimum absolute atomic E-state index is 0.0292. The Labute approximate surface area is 220 Å². The van der Waals surface area contributed by atoms with E-state index >= 15 is 0 Å². The number of hydrogen-bond donors (Lipinski definition) is 2. The van der Waals surface area contributed by atoms with E-state index in [1.807, 2.05) is 26.0 Å². The van der Waals surface area contributed by atoms with Crippen LogP contribution in [0.3, 0.4) is 0 Å². The molecule has 6 nitrogen and oxygen atoms in total. The molecule has 2 aromatic rings. The van der Waals surface area contributed by atoms with Gasteiger partial charge < -0.3 is 15.0 Å². The van der Waals surface area contributed by atoms with E-state index in [1.54, 1.807) is 0 Å². The van der Waals surface area contributed by atoms with E-state index < -0.39 is 5.54 Å². The highest BCUT2D eigenvalue weighted by atomic mass is 16.5. The van der Waals surface area contributed by atoms with Crippen molar-refractivity contribution < 1.29 is 9.53 Å². The van der Waals surface area contributed by atoms with Crippen LogP contribution in [0.25, 0.3) is 0 Å². The lowest BCUT2D eigenvalue weighted by Crippen LogP contribution is -2.58. The molecule has 4 aliphatic rings. The summed E-state index contributed by atoms with van der Waals surface area (Å²) in [5.41, 5.74) is 2.52. The van der Waals surface area contributed by atoms with Crippen molar-refractivity contribution in [2.75, 3.05) is 6.54 Å². The number of rotatable bonds is 6. The summed E-state index contributed by atoms with van der Waals surface area (Å²) in [5, 5.41) is 6.87. The van der Waals surface area contributed by atoms with Crippen LogP contribution in [0.4, 0.5) is 4.79 Å². The quantitative estimate of drug-likeness (QED) is 0.540. The fourth-order valence-electron chi connectivity index (χ4n) is 7.02. The third kappa shape index (κ3) is 4.76. The molecule has 2 aromatic carbocycles. The van der Waals surface area contributed by atoms with Gasteiger partial charge in [0.05, 0.1) is 12.1 Å². The number of carbonyl (C=O) groups excluding carboxylic acids is 1. The molecule has 0 bridgehead atoms. The Balaban J connectivity index is 1.33. The first-order valence-corrected chi connectivity index (χ1v) is 14.1. The number of nitrogens with one attached hydrogen (secondary N) is 2. The second-order valence-electron chi connectivity index (χ2n) is 12.1. The van der Waals surface area contributed by atoms with Crippen LogP contribution < -0.4 is 15.4 Å². The maximum Gasteiger partial charge on any atom is 0.323 e. The van der Waals surface area contributed by atoms with Gasteiger partial charge in [0.2, 0.25) is 0 Å². The average molecular weight is 501 g/mol. The van der Waals surface area contributed by atoms with E-state index in [-0.39, 0.29) is 18.2 Å². The molecule has 2 N–H and O–H groups in total. The summed E-state index contributed by atoms with van der Waals surface area (Å²) < 4.78 is 5.94. The molecule has 2 amide bonds. The first-order valence-electron chi connectivity index (χ1n) is 14.1. The van der Waals surface area contributed by atoms with Crippen LogP contribution in [0.1, 0.15) is 76.3 Å². The number of piperidine rings is 1. The minimum Gasteiger partial charge on any atom is -0.491 e. The van der Waals surface area contributed by atoms with Gasteiger partial charge in [-0.25, -0.2) is 4.79 Å². The van der Waals surface area contributed by atoms with Crippen LogP contribution >= 0.6 is 0 Å². The lowest BCUT2D eigenvalue weighted by molar-refractivity contribution is 0.133. The first kappa shape index (κ1) is 24.5. The first-order chi connectivity index (χ1) is 17.9. The highest BCUT2D eigenvalue weighted by Crippen LogP contribution is 2.62. The number of hydrogen-bond acceptors (Lipinski definition) is 4. The Morgan fingerprint density at radius 3 is 2.59 bits per heavy atom. The smallest absolute Gasteiger partial charge is 0.323 e. The molecular weight excluding hydrogens is 460 g/mol. The van der Waals surface area contributed by atoms with Crippen LogP contribution in [0, 0.1) is 5.41 Å². The van der Waals surface area contributed by atoms with E-state index in [0.717, 1.165) is 43.0 Å². The standard InChI is InChI=1S/C31H40N4O2/c1-21(2)37-25-11-7-8-23(16-25)20-35-29(36)34-28(31(35)14-15-32-22(3)17-31)33-27-19-30(12-13-30)18-26(27)24-9-5-4-6-10-24/h4-11,16,21-22,26-27,32H,12-15,17-20H2,1-3H3,(H,33,34,36)/t22?,26-,27+,31?/m1/s1. The summed E-state index contributed by atoms with van der Waals surface area (Å²) in [6.07, 6.45) is 6.81. The van der Waals surface area contributed by atoms with Crippen LogP contribution in [-0.2, 0) is 6.54 Å². The molecule has 6 rings (SSSR count). The molecule has 0 aromatic heterocycles. The van der Waals surface area contributed by atoms with Crippen molar-refractivity contribution in [2.24, 2.45) is 10.4 Å². The van der Waals surface area contributed by atoms with Crippen LogP contribution in [0.15, 0.2) is 59.6 Å². The zero-order valence-electron chi connectivity index (χ0n) is 22.4. The van der Waals surface area contributed by atoms with Gasteiger partial charge in [0.15, 0.2) is 0 Å². The van der Waals surface area contributed by atoms with E-state index in [9.17, 15) is 4.79 Å². The predicted molar refractivity (Wildman–Crippen MR) is 147 cm³/mol. The molecule has 2 saturated carbocycles. The number of benzene rings is 2. The molecule has 37 heavy (non-hydrogen) atoms. The predicted octanol–water partition coefficient (Wildman–Crippen LogP) is 5.63. The molecule has 0 radical (unpaired) electrons. The number of nitrogens with zero attached hydrogens (tertiary/aromatic N) is 2. The lowest BCUT2D eigenvalue weighted by atomic mass is 9.82. The molecule has 2 spiro atoms. The second-order valence-corrected chi connectivity index (χ2v) is 12.1. The number of aliphatic imine (C=N–C) groups is 1. The van der Waals surface area contributed by atoms with Gasteiger partial charge in [0, 0.05) is 18.5 Å². The summed E-state index contributed by atoms with van der Waals surface area (Å²) in [7, 11) is 0. The van der Waals surface area contributed by atoms with Crippen molar-refractivity contribution in [1.82, 2.24) is 15.5 Å². The van der Waals surface area contributed by atoms with E-state index in [0.29, 0.717) is 23.9 Å². The van der Waals surface area contributed by atoms with E-state index in [1.165, 1.54) is 24.8 Å². The molecule has 2 unspecified atom stereocenters. The van der Waals surface area contributed by atoms with Gasteiger partial charge in [-0.2, -0.15) is 0 Å². The van der Waals surface area contributed by atoms with Gasteiger partial charge in [-0.3, -0.25) is 10.3 Å². The van der Waals surface area contributed by atoms with E-state index in [4.69, 9.17) is 9.73 Å². The third-order valence-electron chi connectivity index (χ3n) is 8.95. The third-order valence-corrected chi connectivity index (χ3v) is 8.95. The normalized spacial score (nSPS) is 31.5. The summed E-state index contributed by atoms with van der Waals surface area (Å²) in [6.45, 7) is 7.71. The molecular formula is C31H40N4O2. The van der Waals surface area contributed by atoms with Crippen molar-refractivity contribution in [3.63, 3.8) is 0 Å². The van der Waals surface area contributed by atoms with Crippen molar-refractivity contribution in [3.05, 3.63) is 65.7 Å². The Kier molecular flexibility index (Phi) is 6.26. The number of urea groups is 1. The second kappa shape index (κ2) is 9.46.